The Hall–Kier alpha value is -1.26. The number of hydrogen-bond donors (Lipinski definition) is 1. The van der Waals surface area contributed by atoms with Crippen LogP contribution in [0.25, 0.3) is 0 Å². The lowest BCUT2D eigenvalue weighted by molar-refractivity contribution is 0.509. The monoisotopic (exact) mass is 325 g/mol. The van der Waals surface area contributed by atoms with E-state index in [1.54, 1.807) is 0 Å². The second-order valence-electron chi connectivity index (χ2n) is 4.36. The van der Waals surface area contributed by atoms with Crippen molar-refractivity contribution in [3.8, 4) is 0 Å². The third kappa shape index (κ3) is 3.61. The van der Waals surface area contributed by atoms with Crippen molar-refractivity contribution in [2.45, 2.75) is 19.5 Å². The molecule has 0 amide bonds. The molecule has 2 aromatic rings. The van der Waals surface area contributed by atoms with Gasteiger partial charge in [-0.25, -0.2) is 8.78 Å². The molecule has 1 nitrogen and oxygen atoms in total. The average Bonchev–Trinajstić information content (AvgIpc) is 2.38. The molecule has 19 heavy (non-hydrogen) atoms. The summed E-state index contributed by atoms with van der Waals surface area (Å²) in [6, 6.07) is 11.7. The molecule has 0 aromatic heterocycles. The minimum atomic E-state index is -0.519. The fourth-order valence-electron chi connectivity index (χ4n) is 1.85. The number of rotatable bonds is 4. The smallest absolute Gasteiger partial charge is 0.130 e. The summed E-state index contributed by atoms with van der Waals surface area (Å²) in [5.41, 5.74) is 1.13. The number of halogens is 3. The fourth-order valence-corrected chi connectivity index (χ4v) is 2.27. The van der Waals surface area contributed by atoms with Gasteiger partial charge in [0, 0.05) is 22.6 Å². The Kier molecular flexibility index (Phi) is 4.66. The summed E-state index contributed by atoms with van der Waals surface area (Å²) in [5.74, 6) is -1.04. The maximum Gasteiger partial charge on any atom is 0.130 e. The predicted molar refractivity (Wildman–Crippen MR) is 75.8 cm³/mol. The molecule has 100 valence electrons. The van der Waals surface area contributed by atoms with Crippen molar-refractivity contribution in [1.82, 2.24) is 5.32 Å². The van der Waals surface area contributed by atoms with Crippen molar-refractivity contribution in [2.75, 3.05) is 0 Å². The summed E-state index contributed by atoms with van der Waals surface area (Å²) >= 11 is 3.40. The first-order chi connectivity index (χ1) is 9.08. The van der Waals surface area contributed by atoms with Crippen molar-refractivity contribution in [1.29, 1.82) is 0 Å². The topological polar surface area (TPSA) is 12.0 Å². The Balaban J connectivity index is 2.06. The predicted octanol–water partition coefficient (Wildman–Crippen LogP) is 4.58. The molecule has 1 atom stereocenters. The summed E-state index contributed by atoms with van der Waals surface area (Å²) in [5, 5.41) is 3.12. The van der Waals surface area contributed by atoms with Gasteiger partial charge in [0.15, 0.2) is 0 Å². The molecule has 0 aliphatic rings. The maximum atomic E-state index is 13.5. The summed E-state index contributed by atoms with van der Waals surface area (Å²) in [4.78, 5) is 0. The molecular formula is C15H14BrF2N. The van der Waals surface area contributed by atoms with Crippen LogP contribution in [-0.4, -0.2) is 0 Å². The Morgan fingerprint density at radius 2 is 1.74 bits per heavy atom. The zero-order valence-corrected chi connectivity index (χ0v) is 12.0. The van der Waals surface area contributed by atoms with Crippen molar-refractivity contribution in [2.24, 2.45) is 0 Å². The highest BCUT2D eigenvalue weighted by atomic mass is 79.9. The number of hydrogen-bond acceptors (Lipinski definition) is 1. The van der Waals surface area contributed by atoms with E-state index >= 15 is 0 Å². The van der Waals surface area contributed by atoms with Crippen LogP contribution in [0.3, 0.4) is 0 Å². The van der Waals surface area contributed by atoms with E-state index in [1.165, 1.54) is 18.2 Å². The van der Waals surface area contributed by atoms with Gasteiger partial charge in [0.2, 0.25) is 0 Å². The molecular weight excluding hydrogens is 312 g/mol. The van der Waals surface area contributed by atoms with E-state index in [1.807, 2.05) is 31.2 Å². The molecule has 4 heteroatoms. The van der Waals surface area contributed by atoms with Gasteiger partial charge in [-0.05, 0) is 36.8 Å². The van der Waals surface area contributed by atoms with Gasteiger partial charge in [0.05, 0.1) is 0 Å². The highest BCUT2D eigenvalue weighted by molar-refractivity contribution is 9.10. The summed E-state index contributed by atoms with van der Waals surface area (Å²) in [6.45, 7) is 2.12. The Labute approximate surface area is 119 Å². The highest BCUT2D eigenvalue weighted by Crippen LogP contribution is 2.19. The van der Waals surface area contributed by atoms with E-state index in [2.05, 4.69) is 21.2 Å². The third-order valence-corrected chi connectivity index (χ3v) is 3.49. The third-order valence-electron chi connectivity index (χ3n) is 3.00. The standard InChI is InChI=1S/C15H14BrF2N/c1-10(11-4-2-5-12(16)8-11)19-9-13-14(17)6-3-7-15(13)18/h2-8,10,19H,9H2,1H3. The van der Waals surface area contributed by atoms with Crippen LogP contribution < -0.4 is 5.32 Å². The zero-order chi connectivity index (χ0) is 13.8. The molecule has 0 heterocycles. The first kappa shape index (κ1) is 14.2. The molecule has 0 aliphatic heterocycles. The second kappa shape index (κ2) is 6.26. The lowest BCUT2D eigenvalue weighted by Gasteiger charge is -2.15. The summed E-state index contributed by atoms with van der Waals surface area (Å²) < 4.78 is 27.9. The molecule has 2 aromatic carbocycles. The SMILES string of the molecule is CC(NCc1c(F)cccc1F)c1cccc(Br)c1. The Bertz CT molecular complexity index is 552. The van der Waals surface area contributed by atoms with Crippen LogP contribution in [0.1, 0.15) is 24.1 Å². The molecule has 0 aliphatic carbocycles. The first-order valence-electron chi connectivity index (χ1n) is 5.99. The molecule has 0 saturated carbocycles. The lowest BCUT2D eigenvalue weighted by atomic mass is 10.1. The van der Waals surface area contributed by atoms with Crippen molar-refractivity contribution < 1.29 is 8.78 Å². The molecule has 2 rings (SSSR count). The van der Waals surface area contributed by atoms with Crippen molar-refractivity contribution in [3.05, 3.63) is 69.7 Å². The molecule has 0 saturated heterocycles. The van der Waals surface area contributed by atoms with Crippen LogP contribution in [0, 0.1) is 11.6 Å². The van der Waals surface area contributed by atoms with Crippen molar-refractivity contribution in [3.63, 3.8) is 0 Å². The van der Waals surface area contributed by atoms with Gasteiger partial charge in [-0.1, -0.05) is 34.1 Å². The molecule has 1 unspecified atom stereocenters. The molecule has 0 radical (unpaired) electrons. The van der Waals surface area contributed by atoms with Gasteiger partial charge in [-0.3, -0.25) is 0 Å². The van der Waals surface area contributed by atoms with E-state index in [9.17, 15) is 8.78 Å². The van der Waals surface area contributed by atoms with E-state index in [-0.39, 0.29) is 18.2 Å². The van der Waals surface area contributed by atoms with Crippen LogP contribution in [0.15, 0.2) is 46.9 Å². The maximum absolute atomic E-state index is 13.5. The normalized spacial score (nSPS) is 12.4. The number of nitrogens with one attached hydrogen (secondary N) is 1. The van der Waals surface area contributed by atoms with E-state index < -0.39 is 11.6 Å². The lowest BCUT2D eigenvalue weighted by Crippen LogP contribution is -2.19. The van der Waals surface area contributed by atoms with Gasteiger partial charge in [0.1, 0.15) is 11.6 Å². The van der Waals surface area contributed by atoms with E-state index in [0.717, 1.165) is 10.0 Å². The number of benzene rings is 2. The minimum Gasteiger partial charge on any atom is -0.306 e. The minimum absolute atomic E-state index is 0.0107. The second-order valence-corrected chi connectivity index (χ2v) is 5.27. The van der Waals surface area contributed by atoms with Gasteiger partial charge in [-0.2, -0.15) is 0 Å². The van der Waals surface area contributed by atoms with Crippen LogP contribution in [0.5, 0.6) is 0 Å². The van der Waals surface area contributed by atoms with Crippen molar-refractivity contribution >= 4 is 15.9 Å². The molecule has 0 bridgehead atoms. The average molecular weight is 326 g/mol. The molecule has 1 N–H and O–H groups in total. The van der Waals surface area contributed by atoms with Gasteiger partial charge < -0.3 is 5.32 Å². The van der Waals surface area contributed by atoms with Crippen LogP contribution in [0.2, 0.25) is 0 Å². The summed E-state index contributed by atoms with van der Waals surface area (Å²) in [7, 11) is 0. The quantitative estimate of drug-likeness (QED) is 0.867. The molecule has 0 spiro atoms. The summed E-state index contributed by atoms with van der Waals surface area (Å²) in [6.07, 6.45) is 0. The first-order valence-corrected chi connectivity index (χ1v) is 6.79. The van der Waals surface area contributed by atoms with Gasteiger partial charge in [-0.15, -0.1) is 0 Å². The van der Waals surface area contributed by atoms with E-state index in [4.69, 9.17) is 0 Å². The Morgan fingerprint density at radius 3 is 2.37 bits per heavy atom. The highest BCUT2D eigenvalue weighted by Gasteiger charge is 2.10. The largest absolute Gasteiger partial charge is 0.306 e. The van der Waals surface area contributed by atoms with E-state index in [0.29, 0.717) is 0 Å². The Morgan fingerprint density at radius 1 is 1.11 bits per heavy atom. The van der Waals surface area contributed by atoms with Gasteiger partial charge in [0.25, 0.3) is 0 Å². The zero-order valence-electron chi connectivity index (χ0n) is 10.5. The van der Waals surface area contributed by atoms with Crippen LogP contribution in [0.4, 0.5) is 8.78 Å². The van der Waals surface area contributed by atoms with Crippen LogP contribution in [-0.2, 0) is 6.54 Å². The van der Waals surface area contributed by atoms with Crippen LogP contribution >= 0.6 is 15.9 Å². The molecule has 0 fully saturated rings. The van der Waals surface area contributed by atoms with Gasteiger partial charge >= 0.3 is 0 Å². The fraction of sp³-hybridized carbons (Fsp3) is 0.200.